The van der Waals surface area contributed by atoms with E-state index in [9.17, 15) is 13.2 Å². The van der Waals surface area contributed by atoms with Crippen LogP contribution in [-0.4, -0.2) is 47.3 Å². The number of sulfone groups is 1. The molecule has 0 radical (unpaired) electrons. The highest BCUT2D eigenvalue weighted by atomic mass is 32.2. The summed E-state index contributed by atoms with van der Waals surface area (Å²) in [4.78, 5) is 12.1. The van der Waals surface area contributed by atoms with Gasteiger partial charge in [-0.05, 0) is 32.4 Å². The number of hydrogen-bond donors (Lipinski definition) is 1. The van der Waals surface area contributed by atoms with E-state index in [0.29, 0.717) is 17.5 Å². The molecular formula is C16H19N3O4S2. The van der Waals surface area contributed by atoms with Gasteiger partial charge in [-0.3, -0.25) is 4.79 Å². The first kappa shape index (κ1) is 17.9. The second-order valence-electron chi connectivity index (χ2n) is 6.48. The summed E-state index contributed by atoms with van der Waals surface area (Å²) >= 11 is 1.13. The highest BCUT2D eigenvalue weighted by molar-refractivity contribution is 7.99. The van der Waals surface area contributed by atoms with Gasteiger partial charge in [-0.15, -0.1) is 10.2 Å². The van der Waals surface area contributed by atoms with Gasteiger partial charge in [0.25, 0.3) is 5.22 Å². The first-order valence-corrected chi connectivity index (χ1v) is 10.6. The van der Waals surface area contributed by atoms with Crippen molar-refractivity contribution in [3.63, 3.8) is 0 Å². The SMILES string of the molecule is Cc1cccc(-c2nnc(SCC(=O)N[C@@]3(C)CCS(=O)(=O)C3)o2)c1. The van der Waals surface area contributed by atoms with Crippen LogP contribution in [0.3, 0.4) is 0 Å². The Labute approximate surface area is 150 Å². The third-order valence-electron chi connectivity index (χ3n) is 3.94. The van der Waals surface area contributed by atoms with Crippen molar-refractivity contribution in [2.24, 2.45) is 0 Å². The predicted molar refractivity (Wildman–Crippen MR) is 95.0 cm³/mol. The Morgan fingerprint density at radius 3 is 2.88 bits per heavy atom. The number of nitrogens with one attached hydrogen (secondary N) is 1. The molecule has 1 atom stereocenters. The molecule has 2 aromatic rings. The molecule has 0 bridgehead atoms. The van der Waals surface area contributed by atoms with Gasteiger partial charge >= 0.3 is 0 Å². The van der Waals surface area contributed by atoms with E-state index < -0.39 is 15.4 Å². The van der Waals surface area contributed by atoms with Crippen LogP contribution < -0.4 is 5.32 Å². The van der Waals surface area contributed by atoms with Gasteiger partial charge in [0.05, 0.1) is 22.8 Å². The van der Waals surface area contributed by atoms with Crippen molar-refractivity contribution in [2.75, 3.05) is 17.3 Å². The van der Waals surface area contributed by atoms with Crippen LogP contribution in [0.4, 0.5) is 0 Å². The van der Waals surface area contributed by atoms with Crippen molar-refractivity contribution in [3.05, 3.63) is 29.8 Å². The number of aromatic nitrogens is 2. The fourth-order valence-electron chi connectivity index (χ4n) is 2.77. The van der Waals surface area contributed by atoms with Gasteiger partial charge in [-0.1, -0.05) is 29.5 Å². The van der Waals surface area contributed by atoms with Crippen LogP contribution in [0.15, 0.2) is 33.9 Å². The van der Waals surface area contributed by atoms with E-state index in [1.165, 1.54) is 0 Å². The molecule has 9 heteroatoms. The Bertz CT molecular complexity index is 894. The number of rotatable bonds is 5. The monoisotopic (exact) mass is 381 g/mol. The number of benzene rings is 1. The van der Waals surface area contributed by atoms with Gasteiger partial charge in [0.2, 0.25) is 11.8 Å². The Hall–Kier alpha value is -1.87. The standard InChI is InChI=1S/C16H19N3O4S2/c1-11-4-3-5-12(8-11)14-18-19-15(23-14)24-9-13(20)17-16(2)6-7-25(21,22)10-16/h3-5,8H,6-7,9-10H2,1-2H3,(H,17,20)/t16-/m0/s1. The van der Waals surface area contributed by atoms with E-state index in [0.717, 1.165) is 22.9 Å². The van der Waals surface area contributed by atoms with Crippen LogP contribution in [0.2, 0.25) is 0 Å². The molecule has 1 aliphatic heterocycles. The van der Waals surface area contributed by atoms with Crippen LogP contribution in [-0.2, 0) is 14.6 Å². The lowest BCUT2D eigenvalue weighted by Gasteiger charge is -2.23. The lowest BCUT2D eigenvalue weighted by atomic mass is 10.0. The molecule has 0 aliphatic carbocycles. The van der Waals surface area contributed by atoms with E-state index >= 15 is 0 Å². The fraction of sp³-hybridized carbons (Fsp3) is 0.438. The van der Waals surface area contributed by atoms with Crippen molar-refractivity contribution >= 4 is 27.5 Å². The quantitative estimate of drug-likeness (QED) is 0.788. The third kappa shape index (κ3) is 4.60. The van der Waals surface area contributed by atoms with Crippen molar-refractivity contribution in [2.45, 2.75) is 31.0 Å². The zero-order valence-corrected chi connectivity index (χ0v) is 15.6. The molecule has 1 saturated heterocycles. The zero-order chi connectivity index (χ0) is 18.1. The zero-order valence-electron chi connectivity index (χ0n) is 14.0. The van der Waals surface area contributed by atoms with Crippen molar-refractivity contribution < 1.29 is 17.6 Å². The molecule has 3 rings (SSSR count). The number of aryl methyl sites for hydroxylation is 1. The fourth-order valence-corrected chi connectivity index (χ4v) is 5.43. The van der Waals surface area contributed by atoms with E-state index in [1.807, 2.05) is 31.2 Å². The summed E-state index contributed by atoms with van der Waals surface area (Å²) in [5.41, 5.74) is 1.22. The average Bonchev–Trinajstić information content (AvgIpc) is 3.09. The maximum Gasteiger partial charge on any atom is 0.277 e. The highest BCUT2D eigenvalue weighted by Gasteiger charge is 2.39. The molecule has 134 valence electrons. The number of amides is 1. The van der Waals surface area contributed by atoms with Crippen LogP contribution >= 0.6 is 11.8 Å². The lowest BCUT2D eigenvalue weighted by molar-refractivity contribution is -0.120. The van der Waals surface area contributed by atoms with Crippen LogP contribution in [0.1, 0.15) is 18.9 Å². The molecule has 1 N–H and O–H groups in total. The molecule has 0 saturated carbocycles. The van der Waals surface area contributed by atoms with Gasteiger partial charge in [-0.2, -0.15) is 0 Å². The third-order valence-corrected chi connectivity index (χ3v) is 6.66. The molecule has 7 nitrogen and oxygen atoms in total. The molecule has 25 heavy (non-hydrogen) atoms. The Morgan fingerprint density at radius 1 is 1.40 bits per heavy atom. The van der Waals surface area contributed by atoms with Crippen molar-refractivity contribution in [1.82, 2.24) is 15.5 Å². The Balaban J connectivity index is 1.56. The van der Waals surface area contributed by atoms with Gasteiger partial charge in [0.15, 0.2) is 9.84 Å². The van der Waals surface area contributed by atoms with Crippen LogP contribution in [0.5, 0.6) is 0 Å². The average molecular weight is 381 g/mol. The topological polar surface area (TPSA) is 102 Å². The minimum atomic E-state index is -3.06. The maximum absolute atomic E-state index is 12.1. The van der Waals surface area contributed by atoms with E-state index in [4.69, 9.17) is 4.42 Å². The molecule has 1 fully saturated rings. The second kappa shape index (κ2) is 6.80. The second-order valence-corrected chi connectivity index (χ2v) is 9.59. The largest absolute Gasteiger partial charge is 0.411 e. The summed E-state index contributed by atoms with van der Waals surface area (Å²) in [6.45, 7) is 3.73. The Morgan fingerprint density at radius 2 is 2.20 bits per heavy atom. The smallest absolute Gasteiger partial charge is 0.277 e. The molecule has 1 aliphatic rings. The number of nitrogens with zero attached hydrogens (tertiary/aromatic N) is 2. The van der Waals surface area contributed by atoms with Gasteiger partial charge in [-0.25, -0.2) is 8.42 Å². The summed E-state index contributed by atoms with van der Waals surface area (Å²) in [5.74, 6) is 0.334. The number of carbonyl (C=O) groups excluding carboxylic acids is 1. The van der Waals surface area contributed by atoms with Gasteiger partial charge < -0.3 is 9.73 Å². The summed E-state index contributed by atoms with van der Waals surface area (Å²) in [7, 11) is -3.06. The van der Waals surface area contributed by atoms with E-state index in [1.54, 1.807) is 6.92 Å². The number of carbonyl (C=O) groups is 1. The maximum atomic E-state index is 12.1. The first-order valence-electron chi connectivity index (χ1n) is 7.80. The highest BCUT2D eigenvalue weighted by Crippen LogP contribution is 2.25. The first-order chi connectivity index (χ1) is 11.7. The van der Waals surface area contributed by atoms with Gasteiger partial charge in [0.1, 0.15) is 0 Å². The minimum absolute atomic E-state index is 0.0194. The summed E-state index contributed by atoms with van der Waals surface area (Å²) in [6, 6.07) is 7.70. The number of thioether (sulfide) groups is 1. The molecule has 0 unspecified atom stereocenters. The molecule has 0 spiro atoms. The molecule has 1 aromatic heterocycles. The summed E-state index contributed by atoms with van der Waals surface area (Å²) in [5, 5.41) is 11.0. The molecule has 2 heterocycles. The molecule has 1 amide bonds. The van der Waals surface area contributed by atoms with E-state index in [-0.39, 0.29) is 23.2 Å². The Kier molecular flexibility index (Phi) is 4.88. The lowest BCUT2D eigenvalue weighted by Crippen LogP contribution is -2.47. The summed E-state index contributed by atoms with van der Waals surface area (Å²) in [6.07, 6.45) is 0.434. The van der Waals surface area contributed by atoms with Crippen LogP contribution in [0, 0.1) is 6.92 Å². The minimum Gasteiger partial charge on any atom is -0.411 e. The number of hydrogen-bond acceptors (Lipinski definition) is 7. The predicted octanol–water partition coefficient (Wildman–Crippen LogP) is 1.83. The van der Waals surface area contributed by atoms with Gasteiger partial charge in [0, 0.05) is 5.56 Å². The summed E-state index contributed by atoms with van der Waals surface area (Å²) < 4.78 is 28.7. The molecular weight excluding hydrogens is 362 g/mol. The van der Waals surface area contributed by atoms with Crippen molar-refractivity contribution in [3.8, 4) is 11.5 Å². The van der Waals surface area contributed by atoms with Crippen molar-refractivity contribution in [1.29, 1.82) is 0 Å². The van der Waals surface area contributed by atoms with Crippen LogP contribution in [0.25, 0.3) is 11.5 Å². The van der Waals surface area contributed by atoms with E-state index in [2.05, 4.69) is 15.5 Å². The normalized spacial score (nSPS) is 22.0. The molecule has 1 aromatic carbocycles.